The molecule has 0 bridgehead atoms. The molecule has 0 spiro atoms. The van der Waals surface area contributed by atoms with Crippen LogP contribution in [0.25, 0.3) is 0 Å². The van der Waals surface area contributed by atoms with Gasteiger partial charge < -0.3 is 10.0 Å². The van der Waals surface area contributed by atoms with E-state index in [1.165, 1.54) is 0 Å². The molecule has 1 rings (SSSR count). The van der Waals surface area contributed by atoms with Gasteiger partial charge in [-0.1, -0.05) is 12.1 Å². The molecule has 14 heavy (non-hydrogen) atoms. The number of para-hydroxylation sites is 2. The van der Waals surface area contributed by atoms with E-state index in [1.807, 2.05) is 18.2 Å². The van der Waals surface area contributed by atoms with Gasteiger partial charge in [0.15, 0.2) is 0 Å². The first kappa shape index (κ1) is 10.9. The van der Waals surface area contributed by atoms with E-state index in [2.05, 4.69) is 32.6 Å². The van der Waals surface area contributed by atoms with Crippen LogP contribution in [0, 0.1) is 0 Å². The molecule has 1 N–H and O–H groups in total. The van der Waals surface area contributed by atoms with E-state index >= 15 is 0 Å². The van der Waals surface area contributed by atoms with E-state index in [0.717, 1.165) is 5.69 Å². The summed E-state index contributed by atoms with van der Waals surface area (Å²) in [5, 5.41) is 9.74. The van der Waals surface area contributed by atoms with Crippen LogP contribution in [0.5, 0.6) is 5.75 Å². The van der Waals surface area contributed by atoms with Crippen LogP contribution in [0.3, 0.4) is 0 Å². The average molecular weight is 193 g/mol. The molecular formula is C12H19NO. The first-order valence-electron chi connectivity index (χ1n) is 5.10. The lowest BCUT2D eigenvalue weighted by atomic mass is 10.1. The highest BCUT2D eigenvalue weighted by Gasteiger charge is 2.16. The number of hydrogen-bond acceptors (Lipinski definition) is 2. The fourth-order valence-electron chi connectivity index (χ4n) is 1.84. The predicted octanol–water partition coefficient (Wildman–Crippen LogP) is 3.02. The summed E-state index contributed by atoms with van der Waals surface area (Å²) in [4.78, 5) is 2.20. The molecule has 0 saturated carbocycles. The summed E-state index contributed by atoms with van der Waals surface area (Å²) < 4.78 is 0. The maximum atomic E-state index is 9.74. The summed E-state index contributed by atoms with van der Waals surface area (Å²) in [5.41, 5.74) is 0.914. The van der Waals surface area contributed by atoms with E-state index in [1.54, 1.807) is 6.07 Å². The quantitative estimate of drug-likeness (QED) is 0.797. The summed E-state index contributed by atoms with van der Waals surface area (Å²) in [6.45, 7) is 8.53. The number of phenols is 1. The molecule has 0 fully saturated rings. The second kappa shape index (κ2) is 4.36. The van der Waals surface area contributed by atoms with Crippen molar-refractivity contribution >= 4 is 5.69 Å². The van der Waals surface area contributed by atoms with E-state index in [0.29, 0.717) is 17.8 Å². The Labute approximate surface area is 86.2 Å². The minimum Gasteiger partial charge on any atom is -0.506 e. The van der Waals surface area contributed by atoms with Crippen LogP contribution in [-0.2, 0) is 0 Å². The molecule has 1 aromatic carbocycles. The summed E-state index contributed by atoms with van der Waals surface area (Å²) in [6.07, 6.45) is 0. The molecule has 2 heteroatoms. The minimum atomic E-state index is 0.356. The van der Waals surface area contributed by atoms with Gasteiger partial charge in [-0.25, -0.2) is 0 Å². The lowest BCUT2D eigenvalue weighted by Gasteiger charge is -2.33. The standard InChI is InChI=1S/C12H19NO/c1-9(2)13(10(3)4)11-7-5-6-8-12(11)14/h5-10,14H,1-4H3. The largest absolute Gasteiger partial charge is 0.506 e. The highest BCUT2D eigenvalue weighted by molar-refractivity contribution is 5.58. The van der Waals surface area contributed by atoms with Gasteiger partial charge in [0.25, 0.3) is 0 Å². The normalized spacial score (nSPS) is 11.0. The van der Waals surface area contributed by atoms with Crippen molar-refractivity contribution in [3.8, 4) is 5.75 Å². The van der Waals surface area contributed by atoms with Crippen molar-refractivity contribution in [1.82, 2.24) is 0 Å². The fraction of sp³-hybridized carbons (Fsp3) is 0.500. The van der Waals surface area contributed by atoms with Gasteiger partial charge in [-0.2, -0.15) is 0 Å². The Morgan fingerprint density at radius 2 is 1.50 bits per heavy atom. The second-order valence-electron chi connectivity index (χ2n) is 4.08. The number of hydrogen-bond donors (Lipinski definition) is 1. The molecule has 0 atom stereocenters. The Hall–Kier alpha value is -1.18. The van der Waals surface area contributed by atoms with Crippen LogP contribution in [0.4, 0.5) is 5.69 Å². The SMILES string of the molecule is CC(C)N(c1ccccc1O)C(C)C. The Morgan fingerprint density at radius 3 is 1.93 bits per heavy atom. The number of rotatable bonds is 3. The van der Waals surface area contributed by atoms with Crippen molar-refractivity contribution in [2.45, 2.75) is 39.8 Å². The monoisotopic (exact) mass is 193 g/mol. The predicted molar refractivity (Wildman–Crippen MR) is 60.9 cm³/mol. The molecule has 2 nitrogen and oxygen atoms in total. The molecule has 0 aromatic heterocycles. The first-order valence-corrected chi connectivity index (χ1v) is 5.10. The smallest absolute Gasteiger partial charge is 0.138 e. The van der Waals surface area contributed by atoms with Crippen molar-refractivity contribution < 1.29 is 5.11 Å². The molecule has 0 radical (unpaired) electrons. The zero-order valence-electron chi connectivity index (χ0n) is 9.36. The van der Waals surface area contributed by atoms with Crippen LogP contribution in [0.2, 0.25) is 0 Å². The lowest BCUT2D eigenvalue weighted by molar-refractivity contribution is 0.468. The van der Waals surface area contributed by atoms with Gasteiger partial charge in [-0.3, -0.25) is 0 Å². The van der Waals surface area contributed by atoms with Crippen molar-refractivity contribution in [3.05, 3.63) is 24.3 Å². The average Bonchev–Trinajstić information content (AvgIpc) is 2.07. The van der Waals surface area contributed by atoms with Gasteiger partial charge in [0.1, 0.15) is 5.75 Å². The van der Waals surface area contributed by atoms with Crippen LogP contribution < -0.4 is 4.90 Å². The summed E-state index contributed by atoms with van der Waals surface area (Å²) in [7, 11) is 0. The third-order valence-corrected chi connectivity index (χ3v) is 2.27. The van der Waals surface area contributed by atoms with Gasteiger partial charge >= 0.3 is 0 Å². The molecule has 78 valence electrons. The zero-order valence-corrected chi connectivity index (χ0v) is 9.36. The van der Waals surface area contributed by atoms with Gasteiger partial charge in [-0.15, -0.1) is 0 Å². The van der Waals surface area contributed by atoms with Crippen molar-refractivity contribution in [1.29, 1.82) is 0 Å². The Kier molecular flexibility index (Phi) is 3.39. The number of phenolic OH excluding ortho intramolecular Hbond substituents is 1. The Bertz CT molecular complexity index is 286. The van der Waals surface area contributed by atoms with Crippen molar-refractivity contribution in [2.24, 2.45) is 0 Å². The highest BCUT2D eigenvalue weighted by atomic mass is 16.3. The number of nitrogens with zero attached hydrogens (tertiary/aromatic N) is 1. The van der Waals surface area contributed by atoms with Crippen LogP contribution in [-0.4, -0.2) is 17.2 Å². The van der Waals surface area contributed by atoms with Gasteiger partial charge in [0.05, 0.1) is 5.69 Å². The first-order chi connectivity index (χ1) is 6.54. The zero-order chi connectivity index (χ0) is 10.7. The third kappa shape index (κ3) is 2.19. The van der Waals surface area contributed by atoms with E-state index in [4.69, 9.17) is 0 Å². The van der Waals surface area contributed by atoms with Crippen LogP contribution in [0.15, 0.2) is 24.3 Å². The van der Waals surface area contributed by atoms with Gasteiger partial charge in [0, 0.05) is 12.1 Å². The Balaban J connectivity index is 3.05. The molecule has 0 aliphatic carbocycles. The van der Waals surface area contributed by atoms with Gasteiger partial charge in [-0.05, 0) is 39.8 Å². The van der Waals surface area contributed by atoms with E-state index in [-0.39, 0.29) is 0 Å². The third-order valence-electron chi connectivity index (χ3n) is 2.27. The molecule has 1 aromatic rings. The highest BCUT2D eigenvalue weighted by Crippen LogP contribution is 2.29. The van der Waals surface area contributed by atoms with E-state index in [9.17, 15) is 5.11 Å². The lowest BCUT2D eigenvalue weighted by Crippen LogP contribution is -2.36. The number of aromatic hydroxyl groups is 1. The number of anilines is 1. The fourth-order valence-corrected chi connectivity index (χ4v) is 1.84. The molecule has 0 unspecified atom stereocenters. The Morgan fingerprint density at radius 1 is 1.00 bits per heavy atom. The summed E-state index contributed by atoms with van der Waals surface area (Å²) >= 11 is 0. The van der Waals surface area contributed by atoms with E-state index < -0.39 is 0 Å². The molecular weight excluding hydrogens is 174 g/mol. The summed E-state index contributed by atoms with van der Waals surface area (Å²) in [6, 6.07) is 8.26. The maximum Gasteiger partial charge on any atom is 0.138 e. The molecule has 0 aliphatic rings. The molecule has 0 aliphatic heterocycles. The maximum absolute atomic E-state index is 9.74. The molecule has 0 saturated heterocycles. The summed E-state index contributed by atoms with van der Waals surface area (Å²) in [5.74, 6) is 0.356. The minimum absolute atomic E-state index is 0.356. The van der Waals surface area contributed by atoms with Crippen molar-refractivity contribution in [3.63, 3.8) is 0 Å². The second-order valence-corrected chi connectivity index (χ2v) is 4.08. The van der Waals surface area contributed by atoms with Crippen LogP contribution in [0.1, 0.15) is 27.7 Å². The van der Waals surface area contributed by atoms with Gasteiger partial charge in [0.2, 0.25) is 0 Å². The topological polar surface area (TPSA) is 23.5 Å². The van der Waals surface area contributed by atoms with Crippen molar-refractivity contribution in [2.75, 3.05) is 4.90 Å². The number of benzene rings is 1. The van der Waals surface area contributed by atoms with Crippen LogP contribution >= 0.6 is 0 Å². The molecule has 0 heterocycles. The molecule has 0 amide bonds.